The minimum absolute atomic E-state index is 0.386. The number of nitriles is 1. The maximum absolute atomic E-state index is 11.7. The monoisotopic (exact) mass is 275 g/mol. The molecule has 2 amide bonds. The Hall–Kier alpha value is -2.55. The first-order chi connectivity index (χ1) is 9.56. The lowest BCUT2D eigenvalue weighted by Crippen LogP contribution is -2.42. The zero-order chi connectivity index (χ0) is 15.0. The van der Waals surface area contributed by atoms with Gasteiger partial charge in [-0.25, -0.2) is 9.59 Å². The van der Waals surface area contributed by atoms with Gasteiger partial charge in [-0.1, -0.05) is 25.8 Å². The summed E-state index contributed by atoms with van der Waals surface area (Å²) < 4.78 is 0. The van der Waals surface area contributed by atoms with Crippen LogP contribution < -0.4 is 10.6 Å². The zero-order valence-electron chi connectivity index (χ0n) is 11.2. The Labute approximate surface area is 117 Å². The molecule has 0 fully saturated rings. The lowest BCUT2D eigenvalue weighted by molar-refractivity contribution is -0.139. The van der Waals surface area contributed by atoms with Gasteiger partial charge < -0.3 is 15.7 Å². The summed E-state index contributed by atoms with van der Waals surface area (Å²) in [6, 6.07) is 6.86. The van der Waals surface area contributed by atoms with E-state index in [1.165, 1.54) is 6.07 Å². The molecule has 3 N–H and O–H groups in total. The fraction of sp³-hybridized carbons (Fsp3) is 0.357. The van der Waals surface area contributed by atoms with E-state index >= 15 is 0 Å². The minimum atomic E-state index is -1.06. The fourth-order valence-electron chi connectivity index (χ4n) is 1.66. The van der Waals surface area contributed by atoms with Crippen molar-refractivity contribution in [3.05, 3.63) is 29.8 Å². The van der Waals surface area contributed by atoms with E-state index in [2.05, 4.69) is 10.6 Å². The van der Waals surface area contributed by atoms with Gasteiger partial charge in [-0.3, -0.25) is 0 Å². The molecular formula is C14H17N3O3. The Bertz CT molecular complexity index is 523. The number of hydrogen-bond acceptors (Lipinski definition) is 3. The van der Waals surface area contributed by atoms with Crippen LogP contribution in [0.25, 0.3) is 0 Å². The number of carboxylic acid groups (broad SMARTS) is 1. The molecule has 106 valence electrons. The van der Waals surface area contributed by atoms with Crippen LogP contribution in [0.5, 0.6) is 0 Å². The summed E-state index contributed by atoms with van der Waals surface area (Å²) in [7, 11) is 0. The maximum atomic E-state index is 11.7. The van der Waals surface area contributed by atoms with Gasteiger partial charge in [0.1, 0.15) is 6.04 Å². The molecule has 0 saturated carbocycles. The van der Waals surface area contributed by atoms with Crippen molar-refractivity contribution in [2.45, 2.75) is 32.2 Å². The lowest BCUT2D eigenvalue weighted by Gasteiger charge is -2.14. The van der Waals surface area contributed by atoms with E-state index in [4.69, 9.17) is 10.4 Å². The number of urea groups is 1. The highest BCUT2D eigenvalue weighted by molar-refractivity contribution is 5.92. The van der Waals surface area contributed by atoms with Crippen LogP contribution in [0, 0.1) is 11.3 Å². The van der Waals surface area contributed by atoms with Gasteiger partial charge in [0.15, 0.2) is 0 Å². The van der Waals surface area contributed by atoms with Crippen LogP contribution >= 0.6 is 0 Å². The predicted molar refractivity (Wildman–Crippen MR) is 74.3 cm³/mol. The highest BCUT2D eigenvalue weighted by atomic mass is 16.4. The molecule has 0 spiro atoms. The summed E-state index contributed by atoms with van der Waals surface area (Å²) in [5, 5.41) is 22.7. The molecule has 6 nitrogen and oxygen atoms in total. The summed E-state index contributed by atoms with van der Waals surface area (Å²) in [5.74, 6) is -1.06. The van der Waals surface area contributed by atoms with E-state index in [1.54, 1.807) is 18.2 Å². The van der Waals surface area contributed by atoms with Crippen molar-refractivity contribution in [1.29, 1.82) is 5.26 Å². The Morgan fingerprint density at radius 2 is 2.20 bits per heavy atom. The molecular weight excluding hydrogens is 258 g/mol. The summed E-state index contributed by atoms with van der Waals surface area (Å²) in [4.78, 5) is 22.7. The van der Waals surface area contributed by atoms with Gasteiger partial charge in [-0.05, 0) is 24.6 Å². The largest absolute Gasteiger partial charge is 0.480 e. The number of amides is 2. The van der Waals surface area contributed by atoms with Gasteiger partial charge in [0.25, 0.3) is 0 Å². The number of carbonyl (C=O) groups excluding carboxylic acids is 1. The van der Waals surface area contributed by atoms with Crippen molar-refractivity contribution >= 4 is 17.7 Å². The second-order valence-corrected chi connectivity index (χ2v) is 4.32. The second kappa shape index (κ2) is 7.79. The molecule has 0 aliphatic carbocycles. The number of unbranched alkanes of at least 4 members (excludes halogenated alkanes) is 1. The van der Waals surface area contributed by atoms with Crippen molar-refractivity contribution in [3.63, 3.8) is 0 Å². The van der Waals surface area contributed by atoms with Crippen LogP contribution in [-0.4, -0.2) is 23.1 Å². The molecule has 20 heavy (non-hydrogen) atoms. The molecule has 1 aromatic carbocycles. The van der Waals surface area contributed by atoms with E-state index in [0.29, 0.717) is 17.7 Å². The number of rotatable bonds is 6. The maximum Gasteiger partial charge on any atom is 0.326 e. The Morgan fingerprint density at radius 3 is 2.80 bits per heavy atom. The fourth-order valence-corrected chi connectivity index (χ4v) is 1.66. The van der Waals surface area contributed by atoms with Crippen LogP contribution in [0.1, 0.15) is 31.7 Å². The first-order valence-electron chi connectivity index (χ1n) is 6.37. The summed E-state index contributed by atoms with van der Waals surface area (Å²) in [6.07, 6.45) is 1.97. The summed E-state index contributed by atoms with van der Waals surface area (Å²) >= 11 is 0. The van der Waals surface area contributed by atoms with Crippen LogP contribution in [0.2, 0.25) is 0 Å². The van der Waals surface area contributed by atoms with E-state index in [9.17, 15) is 9.59 Å². The SMILES string of the molecule is CCCCC(NC(=O)Nc1cccc(C#N)c1)C(=O)O. The number of carbonyl (C=O) groups is 2. The van der Waals surface area contributed by atoms with Gasteiger partial charge >= 0.3 is 12.0 Å². The Morgan fingerprint density at radius 1 is 1.45 bits per heavy atom. The van der Waals surface area contributed by atoms with Gasteiger partial charge in [0.05, 0.1) is 11.6 Å². The predicted octanol–water partition coefficient (Wildman–Crippen LogP) is 2.32. The first kappa shape index (κ1) is 15.5. The van der Waals surface area contributed by atoms with Gasteiger partial charge in [0, 0.05) is 5.69 Å². The number of anilines is 1. The number of benzene rings is 1. The van der Waals surface area contributed by atoms with Crippen molar-refractivity contribution in [3.8, 4) is 6.07 Å². The highest BCUT2D eigenvalue weighted by Crippen LogP contribution is 2.09. The molecule has 1 unspecified atom stereocenters. The van der Waals surface area contributed by atoms with E-state index in [-0.39, 0.29) is 0 Å². The number of carboxylic acids is 1. The highest BCUT2D eigenvalue weighted by Gasteiger charge is 2.19. The summed E-state index contributed by atoms with van der Waals surface area (Å²) in [6.45, 7) is 1.95. The molecule has 0 saturated heterocycles. The normalized spacial score (nSPS) is 11.2. The second-order valence-electron chi connectivity index (χ2n) is 4.32. The number of nitrogens with one attached hydrogen (secondary N) is 2. The number of aliphatic carboxylic acids is 1. The van der Waals surface area contributed by atoms with Crippen LogP contribution in [0.4, 0.5) is 10.5 Å². The molecule has 6 heteroatoms. The average molecular weight is 275 g/mol. The summed E-state index contributed by atoms with van der Waals surface area (Å²) in [5.41, 5.74) is 0.866. The minimum Gasteiger partial charge on any atom is -0.480 e. The standard InChI is InChI=1S/C14H17N3O3/c1-2-3-7-12(13(18)19)17-14(20)16-11-6-4-5-10(8-11)9-15/h4-6,8,12H,2-3,7H2,1H3,(H,18,19)(H2,16,17,20). The van der Waals surface area contributed by atoms with Gasteiger partial charge in [-0.2, -0.15) is 5.26 Å². The van der Waals surface area contributed by atoms with E-state index in [0.717, 1.165) is 12.8 Å². The van der Waals surface area contributed by atoms with Crippen LogP contribution in [0.15, 0.2) is 24.3 Å². The number of hydrogen-bond donors (Lipinski definition) is 3. The van der Waals surface area contributed by atoms with Crippen LogP contribution in [-0.2, 0) is 4.79 Å². The molecule has 1 rings (SSSR count). The third-order valence-electron chi connectivity index (χ3n) is 2.70. The molecule has 0 aromatic heterocycles. The lowest BCUT2D eigenvalue weighted by atomic mass is 10.1. The van der Waals surface area contributed by atoms with Crippen LogP contribution in [0.3, 0.4) is 0 Å². The molecule has 0 bridgehead atoms. The third-order valence-corrected chi connectivity index (χ3v) is 2.70. The molecule has 0 heterocycles. The van der Waals surface area contributed by atoms with E-state index in [1.807, 2.05) is 13.0 Å². The van der Waals surface area contributed by atoms with Crippen molar-refractivity contribution < 1.29 is 14.7 Å². The first-order valence-corrected chi connectivity index (χ1v) is 6.37. The molecule has 0 aliphatic heterocycles. The molecule has 1 aromatic rings. The average Bonchev–Trinajstić information content (AvgIpc) is 2.43. The van der Waals surface area contributed by atoms with Gasteiger partial charge in [-0.15, -0.1) is 0 Å². The molecule has 0 radical (unpaired) electrons. The van der Waals surface area contributed by atoms with Gasteiger partial charge in [0.2, 0.25) is 0 Å². The molecule has 1 atom stereocenters. The van der Waals surface area contributed by atoms with Crippen molar-refractivity contribution in [2.75, 3.05) is 5.32 Å². The van der Waals surface area contributed by atoms with Crippen molar-refractivity contribution in [2.24, 2.45) is 0 Å². The topological polar surface area (TPSA) is 102 Å². The quantitative estimate of drug-likeness (QED) is 0.741. The van der Waals surface area contributed by atoms with Crippen molar-refractivity contribution in [1.82, 2.24) is 5.32 Å². The third kappa shape index (κ3) is 4.98. The molecule has 0 aliphatic rings. The number of nitrogens with zero attached hydrogens (tertiary/aromatic N) is 1. The van der Waals surface area contributed by atoms with E-state index < -0.39 is 18.0 Å². The Kier molecular flexibility index (Phi) is 6.04. The smallest absolute Gasteiger partial charge is 0.326 e. The zero-order valence-corrected chi connectivity index (χ0v) is 11.2. The Balaban J connectivity index is 2.61.